The molecule has 0 aliphatic rings. The first-order valence-electron chi connectivity index (χ1n) is 6.10. The van der Waals surface area contributed by atoms with Crippen molar-refractivity contribution in [3.8, 4) is 0 Å². The average Bonchev–Trinajstić information content (AvgIpc) is 2.33. The fraction of sp³-hybridized carbons (Fsp3) is 0.462. The molecule has 1 amide bonds. The van der Waals surface area contributed by atoms with Gasteiger partial charge in [-0.05, 0) is 32.4 Å². The van der Waals surface area contributed by atoms with E-state index in [4.69, 9.17) is 5.11 Å². The molecule has 1 unspecified atom stereocenters. The third-order valence-corrected chi connectivity index (χ3v) is 2.94. The topological polar surface area (TPSA) is 88.4 Å². The normalized spacial score (nSPS) is 11.9. The Bertz CT molecular complexity index is 548. The molecule has 2 N–H and O–H groups in total. The maximum Gasteiger partial charge on any atom is 0.341 e. The minimum absolute atomic E-state index is 0.0196. The van der Waals surface area contributed by atoms with Crippen LogP contribution in [0.5, 0.6) is 0 Å². The van der Waals surface area contributed by atoms with Crippen molar-refractivity contribution >= 4 is 11.9 Å². The zero-order chi connectivity index (χ0) is 14.6. The Labute approximate surface area is 111 Å². The molecule has 6 heteroatoms. The van der Waals surface area contributed by atoms with Crippen molar-refractivity contribution in [2.24, 2.45) is 0 Å². The fourth-order valence-electron chi connectivity index (χ4n) is 1.60. The summed E-state index contributed by atoms with van der Waals surface area (Å²) >= 11 is 0. The zero-order valence-corrected chi connectivity index (χ0v) is 11.3. The molecule has 0 spiro atoms. The lowest BCUT2D eigenvalue weighted by atomic mass is 10.2. The highest BCUT2D eigenvalue weighted by Gasteiger charge is 2.15. The number of carboxylic acid groups (broad SMARTS) is 1. The number of amides is 1. The number of carbonyl (C=O) groups is 2. The van der Waals surface area contributed by atoms with Gasteiger partial charge in [0.25, 0.3) is 5.56 Å². The van der Waals surface area contributed by atoms with Gasteiger partial charge < -0.3 is 15.0 Å². The van der Waals surface area contributed by atoms with Crippen molar-refractivity contribution in [2.75, 3.05) is 0 Å². The molecule has 0 aromatic carbocycles. The van der Waals surface area contributed by atoms with E-state index in [1.165, 1.54) is 16.7 Å². The summed E-state index contributed by atoms with van der Waals surface area (Å²) in [5.74, 6) is -1.59. The number of carboxylic acids is 1. The van der Waals surface area contributed by atoms with E-state index in [1.54, 1.807) is 6.92 Å². The van der Waals surface area contributed by atoms with E-state index >= 15 is 0 Å². The highest BCUT2D eigenvalue weighted by molar-refractivity contribution is 5.87. The van der Waals surface area contributed by atoms with Gasteiger partial charge in [-0.3, -0.25) is 9.59 Å². The van der Waals surface area contributed by atoms with Gasteiger partial charge in [0.1, 0.15) is 12.1 Å². The SMILES string of the molecule is CCC(C)NC(=O)Cn1c(C)ccc(C(=O)O)c1=O. The second kappa shape index (κ2) is 6.17. The summed E-state index contributed by atoms with van der Waals surface area (Å²) in [6.07, 6.45) is 0.786. The number of nitrogens with zero attached hydrogens (tertiary/aromatic N) is 1. The molecule has 1 rings (SSSR count). The molecule has 104 valence electrons. The highest BCUT2D eigenvalue weighted by atomic mass is 16.4. The van der Waals surface area contributed by atoms with E-state index in [0.717, 1.165) is 6.42 Å². The Balaban J connectivity index is 3.01. The summed E-state index contributed by atoms with van der Waals surface area (Å²) in [7, 11) is 0. The van der Waals surface area contributed by atoms with E-state index in [2.05, 4.69) is 5.32 Å². The van der Waals surface area contributed by atoms with Crippen molar-refractivity contribution in [3.05, 3.63) is 33.7 Å². The van der Waals surface area contributed by atoms with Gasteiger partial charge in [-0.15, -0.1) is 0 Å². The molecular formula is C13H18N2O4. The van der Waals surface area contributed by atoms with Crippen molar-refractivity contribution in [1.82, 2.24) is 9.88 Å². The van der Waals surface area contributed by atoms with Crippen LogP contribution >= 0.6 is 0 Å². The molecular weight excluding hydrogens is 248 g/mol. The monoisotopic (exact) mass is 266 g/mol. The first-order valence-corrected chi connectivity index (χ1v) is 6.10. The Morgan fingerprint density at radius 2 is 2.05 bits per heavy atom. The fourth-order valence-corrected chi connectivity index (χ4v) is 1.60. The largest absolute Gasteiger partial charge is 0.477 e. The van der Waals surface area contributed by atoms with Gasteiger partial charge in [0.05, 0.1) is 0 Å². The second-order valence-corrected chi connectivity index (χ2v) is 4.46. The number of rotatable bonds is 5. The lowest BCUT2D eigenvalue weighted by molar-refractivity contribution is -0.122. The summed E-state index contributed by atoms with van der Waals surface area (Å²) in [5, 5.41) is 11.6. The van der Waals surface area contributed by atoms with Gasteiger partial charge in [-0.1, -0.05) is 6.92 Å². The van der Waals surface area contributed by atoms with Gasteiger partial charge >= 0.3 is 5.97 Å². The zero-order valence-electron chi connectivity index (χ0n) is 11.3. The predicted octanol–water partition coefficient (Wildman–Crippen LogP) is 0.770. The van der Waals surface area contributed by atoms with Crippen LogP contribution in [0.2, 0.25) is 0 Å². The second-order valence-electron chi connectivity index (χ2n) is 4.46. The molecule has 1 atom stereocenters. The van der Waals surface area contributed by atoms with Gasteiger partial charge in [0.15, 0.2) is 0 Å². The van der Waals surface area contributed by atoms with Gasteiger partial charge in [0.2, 0.25) is 5.91 Å². The average molecular weight is 266 g/mol. The Hall–Kier alpha value is -2.11. The minimum atomic E-state index is -1.29. The number of aryl methyl sites for hydroxylation is 1. The van der Waals surface area contributed by atoms with Crippen LogP contribution in [0, 0.1) is 6.92 Å². The van der Waals surface area contributed by atoms with Crippen LogP contribution < -0.4 is 10.9 Å². The summed E-state index contributed by atoms with van der Waals surface area (Å²) < 4.78 is 1.17. The standard InChI is InChI=1S/C13H18N2O4/c1-4-8(2)14-11(16)7-15-9(3)5-6-10(12(15)17)13(18)19/h5-6,8H,4,7H2,1-3H3,(H,14,16)(H,18,19). The quantitative estimate of drug-likeness (QED) is 0.824. The van der Waals surface area contributed by atoms with E-state index in [-0.39, 0.29) is 24.1 Å². The molecule has 0 bridgehead atoms. The van der Waals surface area contributed by atoms with Gasteiger partial charge in [-0.25, -0.2) is 4.79 Å². The maximum atomic E-state index is 11.9. The molecule has 0 fully saturated rings. The first-order chi connectivity index (χ1) is 8.86. The minimum Gasteiger partial charge on any atom is -0.477 e. The van der Waals surface area contributed by atoms with Gasteiger partial charge in [-0.2, -0.15) is 0 Å². The Morgan fingerprint density at radius 3 is 2.58 bits per heavy atom. The first kappa shape index (κ1) is 14.9. The van der Waals surface area contributed by atoms with Gasteiger partial charge in [0, 0.05) is 11.7 Å². The van der Waals surface area contributed by atoms with Crippen molar-refractivity contribution in [3.63, 3.8) is 0 Å². The number of aromatic carboxylic acids is 1. The number of nitrogens with one attached hydrogen (secondary N) is 1. The van der Waals surface area contributed by atoms with Crippen LogP contribution in [0.3, 0.4) is 0 Å². The summed E-state index contributed by atoms with van der Waals surface area (Å²) in [4.78, 5) is 34.6. The molecule has 0 radical (unpaired) electrons. The van der Waals surface area contributed by atoms with Crippen molar-refractivity contribution in [1.29, 1.82) is 0 Å². The highest BCUT2D eigenvalue weighted by Crippen LogP contribution is 1.99. The smallest absolute Gasteiger partial charge is 0.341 e. The number of hydrogen-bond acceptors (Lipinski definition) is 3. The molecule has 1 aromatic rings. The summed E-state index contributed by atoms with van der Waals surface area (Å²) in [6, 6.07) is 2.79. The van der Waals surface area contributed by atoms with Crippen molar-refractivity contribution < 1.29 is 14.7 Å². The third kappa shape index (κ3) is 3.67. The van der Waals surface area contributed by atoms with Crippen LogP contribution in [-0.2, 0) is 11.3 Å². The molecule has 0 saturated carbocycles. The van der Waals surface area contributed by atoms with E-state index < -0.39 is 11.5 Å². The van der Waals surface area contributed by atoms with Crippen LogP contribution in [0.4, 0.5) is 0 Å². The molecule has 1 aromatic heterocycles. The number of hydrogen-bond donors (Lipinski definition) is 2. The Morgan fingerprint density at radius 1 is 1.42 bits per heavy atom. The lowest BCUT2D eigenvalue weighted by Gasteiger charge is -2.14. The summed E-state index contributed by atoms with van der Waals surface area (Å²) in [6.45, 7) is 5.29. The molecule has 1 heterocycles. The van der Waals surface area contributed by atoms with Crippen LogP contribution in [-0.4, -0.2) is 27.6 Å². The molecule has 0 aliphatic heterocycles. The predicted molar refractivity (Wildman–Crippen MR) is 70.3 cm³/mol. The number of pyridine rings is 1. The Kier molecular flexibility index (Phi) is 4.86. The molecule has 19 heavy (non-hydrogen) atoms. The van der Waals surface area contributed by atoms with Crippen LogP contribution in [0.1, 0.15) is 36.3 Å². The summed E-state index contributed by atoms with van der Waals surface area (Å²) in [5.41, 5.74) is -0.442. The van der Waals surface area contributed by atoms with E-state index in [0.29, 0.717) is 5.69 Å². The molecule has 0 aliphatic carbocycles. The van der Waals surface area contributed by atoms with E-state index in [9.17, 15) is 14.4 Å². The maximum absolute atomic E-state index is 11.9. The lowest BCUT2D eigenvalue weighted by Crippen LogP contribution is -2.38. The van der Waals surface area contributed by atoms with Crippen molar-refractivity contribution in [2.45, 2.75) is 39.8 Å². The molecule has 6 nitrogen and oxygen atoms in total. The number of aromatic nitrogens is 1. The third-order valence-electron chi connectivity index (χ3n) is 2.94. The van der Waals surface area contributed by atoms with Crippen LogP contribution in [0.25, 0.3) is 0 Å². The van der Waals surface area contributed by atoms with E-state index in [1.807, 2.05) is 13.8 Å². The number of carbonyl (C=O) groups excluding carboxylic acids is 1. The molecule has 0 saturated heterocycles. The van der Waals surface area contributed by atoms with Crippen LogP contribution in [0.15, 0.2) is 16.9 Å².